The first-order chi connectivity index (χ1) is 14.9. The molecule has 2 aromatic carbocycles. The number of anilines is 1. The van der Waals surface area contributed by atoms with E-state index in [9.17, 15) is 24.0 Å². The summed E-state index contributed by atoms with van der Waals surface area (Å²) in [6, 6.07) is 11.5. The topological polar surface area (TPSA) is 130 Å². The van der Waals surface area contributed by atoms with E-state index in [0.717, 1.165) is 0 Å². The zero-order chi connectivity index (χ0) is 21.9. The Hall–Kier alpha value is -4.60. The molecular weight excluding hydrogens is 404 g/mol. The van der Waals surface area contributed by atoms with Gasteiger partial charge in [-0.05, 0) is 37.3 Å². The Morgan fingerprint density at radius 1 is 0.806 bits per heavy atom. The minimum absolute atomic E-state index is 0.0182. The van der Waals surface area contributed by atoms with Gasteiger partial charge in [-0.15, -0.1) is 0 Å². The van der Waals surface area contributed by atoms with Gasteiger partial charge in [0, 0.05) is 11.6 Å². The fourth-order valence-electron chi connectivity index (χ4n) is 3.52. The van der Waals surface area contributed by atoms with Gasteiger partial charge in [-0.1, -0.05) is 17.3 Å². The van der Waals surface area contributed by atoms with E-state index in [4.69, 9.17) is 4.52 Å². The van der Waals surface area contributed by atoms with Gasteiger partial charge in [0.2, 0.25) is 0 Å². The summed E-state index contributed by atoms with van der Waals surface area (Å²) < 4.78 is 4.88. The number of aryl methyl sites for hydroxylation is 1. The van der Waals surface area contributed by atoms with Gasteiger partial charge in [0.05, 0.1) is 22.3 Å². The van der Waals surface area contributed by atoms with E-state index in [-0.39, 0.29) is 33.6 Å². The summed E-state index contributed by atoms with van der Waals surface area (Å²) in [7, 11) is 0. The normalized spacial score (nSPS) is 14.9. The van der Waals surface area contributed by atoms with E-state index < -0.39 is 29.5 Å². The molecule has 31 heavy (non-hydrogen) atoms. The molecule has 5 rings (SSSR count). The second-order valence-corrected chi connectivity index (χ2v) is 6.93. The lowest BCUT2D eigenvalue weighted by atomic mass is 10.1. The van der Waals surface area contributed by atoms with Crippen LogP contribution in [0.25, 0.3) is 0 Å². The first-order valence-corrected chi connectivity index (χ1v) is 9.12. The fourth-order valence-corrected chi connectivity index (χ4v) is 3.52. The molecule has 152 valence electrons. The van der Waals surface area contributed by atoms with Gasteiger partial charge in [-0.25, -0.2) is 0 Å². The first kappa shape index (κ1) is 18.4. The molecule has 1 aromatic heterocycles. The number of aromatic nitrogens is 1. The molecule has 0 atom stereocenters. The molecule has 1 N–H and O–H groups in total. The number of rotatable bonds is 3. The van der Waals surface area contributed by atoms with Crippen molar-refractivity contribution in [3.63, 3.8) is 0 Å². The van der Waals surface area contributed by atoms with Crippen LogP contribution in [0.3, 0.4) is 0 Å². The lowest BCUT2D eigenvalue weighted by molar-refractivity contribution is 0.00845. The molecule has 5 amide bonds. The van der Waals surface area contributed by atoms with Crippen molar-refractivity contribution in [3.8, 4) is 0 Å². The third kappa shape index (κ3) is 2.65. The van der Waals surface area contributed by atoms with E-state index in [0.29, 0.717) is 15.8 Å². The Balaban J connectivity index is 1.46. The van der Waals surface area contributed by atoms with Crippen LogP contribution in [0.15, 0.2) is 53.1 Å². The second-order valence-electron chi connectivity index (χ2n) is 6.93. The van der Waals surface area contributed by atoms with Crippen LogP contribution in [0.2, 0.25) is 0 Å². The molecule has 0 aliphatic carbocycles. The van der Waals surface area contributed by atoms with Crippen molar-refractivity contribution in [1.82, 2.24) is 15.2 Å². The molecule has 3 aromatic rings. The number of fused-ring (bicyclic) bond motifs is 2. The molecule has 3 heterocycles. The Kier molecular flexibility index (Phi) is 3.84. The summed E-state index contributed by atoms with van der Waals surface area (Å²) in [5, 5.41) is 7.23. The minimum Gasteiger partial charge on any atom is -0.360 e. The minimum atomic E-state index is -0.874. The van der Waals surface area contributed by atoms with Gasteiger partial charge < -0.3 is 9.84 Å². The van der Waals surface area contributed by atoms with Crippen LogP contribution in [-0.4, -0.2) is 44.7 Å². The maximum absolute atomic E-state index is 13.0. The van der Waals surface area contributed by atoms with Gasteiger partial charge in [0.25, 0.3) is 29.5 Å². The summed E-state index contributed by atoms with van der Waals surface area (Å²) in [6.07, 6.45) is 0. The lowest BCUT2D eigenvalue weighted by Crippen LogP contribution is -2.49. The SMILES string of the molecule is Cc1cc(NC(=O)c2ccc3c(c2)C(=O)N(N2C(=O)c4ccccc4C2=O)C3=O)no1. The van der Waals surface area contributed by atoms with Crippen LogP contribution in [0, 0.1) is 6.92 Å². The predicted octanol–water partition coefficient (Wildman–Crippen LogP) is 2.04. The Morgan fingerprint density at radius 2 is 1.35 bits per heavy atom. The van der Waals surface area contributed by atoms with Crippen molar-refractivity contribution in [3.05, 3.63) is 82.1 Å². The van der Waals surface area contributed by atoms with E-state index in [2.05, 4.69) is 10.5 Å². The lowest BCUT2D eigenvalue weighted by Gasteiger charge is -2.23. The Labute approximate surface area is 174 Å². The zero-order valence-corrected chi connectivity index (χ0v) is 15.9. The quantitative estimate of drug-likeness (QED) is 0.647. The molecule has 2 aliphatic rings. The largest absolute Gasteiger partial charge is 0.360 e. The average molecular weight is 416 g/mol. The number of hydrogen-bond acceptors (Lipinski definition) is 7. The number of hydrogen-bond donors (Lipinski definition) is 1. The summed E-state index contributed by atoms with van der Waals surface area (Å²) >= 11 is 0. The molecule has 2 aliphatic heterocycles. The molecule has 0 saturated heterocycles. The van der Waals surface area contributed by atoms with E-state index in [1.54, 1.807) is 19.1 Å². The highest BCUT2D eigenvalue weighted by Gasteiger charge is 2.48. The van der Waals surface area contributed by atoms with Crippen LogP contribution >= 0.6 is 0 Å². The van der Waals surface area contributed by atoms with Gasteiger partial charge in [0.15, 0.2) is 5.82 Å². The Morgan fingerprint density at radius 3 is 1.90 bits per heavy atom. The highest BCUT2D eigenvalue weighted by molar-refractivity contribution is 6.28. The molecule has 0 bridgehead atoms. The van der Waals surface area contributed by atoms with Crippen LogP contribution in [0.4, 0.5) is 5.82 Å². The van der Waals surface area contributed by atoms with Crippen LogP contribution < -0.4 is 5.32 Å². The fraction of sp³-hybridized carbons (Fsp3) is 0.0476. The van der Waals surface area contributed by atoms with Crippen LogP contribution in [0.1, 0.15) is 57.6 Å². The predicted molar refractivity (Wildman–Crippen MR) is 103 cm³/mol. The number of carbonyl (C=O) groups excluding carboxylic acids is 5. The summed E-state index contributed by atoms with van der Waals surface area (Å²) in [6.45, 7) is 1.66. The molecule has 0 spiro atoms. The van der Waals surface area contributed by atoms with Gasteiger partial charge in [-0.2, -0.15) is 10.0 Å². The van der Waals surface area contributed by atoms with Gasteiger partial charge >= 0.3 is 0 Å². The van der Waals surface area contributed by atoms with Crippen molar-refractivity contribution >= 4 is 35.4 Å². The van der Waals surface area contributed by atoms with Crippen molar-refractivity contribution in [2.24, 2.45) is 0 Å². The maximum Gasteiger partial charge on any atom is 0.281 e. The third-order valence-electron chi connectivity index (χ3n) is 4.97. The Bertz CT molecular complexity index is 1310. The highest BCUT2D eigenvalue weighted by Crippen LogP contribution is 2.31. The molecule has 0 saturated carbocycles. The summed E-state index contributed by atoms with van der Waals surface area (Å²) in [4.78, 5) is 63.7. The number of benzene rings is 2. The zero-order valence-electron chi connectivity index (χ0n) is 15.9. The van der Waals surface area contributed by atoms with Crippen molar-refractivity contribution in [2.75, 3.05) is 5.32 Å². The van der Waals surface area contributed by atoms with Crippen molar-refractivity contribution in [1.29, 1.82) is 0 Å². The standard InChI is InChI=1S/C21H12N4O6/c1-10-8-16(23-31-10)22-17(26)11-6-7-14-15(9-11)21(30)25(20(14)29)24-18(27)12-4-2-3-5-13(12)19(24)28/h2-9H,1H3,(H,22,23,26). The van der Waals surface area contributed by atoms with Crippen LogP contribution in [0.5, 0.6) is 0 Å². The number of imide groups is 2. The monoisotopic (exact) mass is 416 g/mol. The number of nitrogens with one attached hydrogen (secondary N) is 1. The van der Waals surface area contributed by atoms with E-state index in [1.807, 2.05) is 0 Å². The van der Waals surface area contributed by atoms with Gasteiger partial charge in [-0.3, -0.25) is 24.0 Å². The van der Waals surface area contributed by atoms with E-state index >= 15 is 0 Å². The number of hydrazine groups is 1. The molecule has 0 fully saturated rings. The third-order valence-corrected chi connectivity index (χ3v) is 4.97. The summed E-state index contributed by atoms with van der Waals surface area (Å²) in [5.74, 6) is -3.12. The number of amides is 5. The maximum atomic E-state index is 13.0. The molecule has 0 unspecified atom stereocenters. The van der Waals surface area contributed by atoms with Crippen LogP contribution in [-0.2, 0) is 0 Å². The highest BCUT2D eigenvalue weighted by atomic mass is 16.5. The average Bonchev–Trinajstić information content (AvgIpc) is 3.36. The van der Waals surface area contributed by atoms with E-state index in [1.165, 1.54) is 36.4 Å². The van der Waals surface area contributed by atoms with Crippen molar-refractivity contribution < 1.29 is 28.5 Å². The molecule has 10 heteroatoms. The summed E-state index contributed by atoms with van der Waals surface area (Å²) in [5.41, 5.74) is 0.185. The molecule has 0 radical (unpaired) electrons. The van der Waals surface area contributed by atoms with Gasteiger partial charge in [0.1, 0.15) is 5.76 Å². The van der Waals surface area contributed by atoms with Crippen molar-refractivity contribution in [2.45, 2.75) is 6.92 Å². The second kappa shape index (κ2) is 6.46. The first-order valence-electron chi connectivity index (χ1n) is 9.12. The number of carbonyl (C=O) groups is 5. The smallest absolute Gasteiger partial charge is 0.281 e. The molecular formula is C21H12N4O6. The molecule has 10 nitrogen and oxygen atoms in total. The number of nitrogens with zero attached hydrogens (tertiary/aromatic N) is 3.